The number of benzene rings is 2. The second-order valence-corrected chi connectivity index (χ2v) is 11.5. The number of carbonyl (C=O) groups is 4. The van der Waals surface area contributed by atoms with Crippen molar-refractivity contribution >= 4 is 35.4 Å². The van der Waals surface area contributed by atoms with Gasteiger partial charge in [0.15, 0.2) is 0 Å². The first-order valence-electron chi connectivity index (χ1n) is 15.0. The van der Waals surface area contributed by atoms with Crippen LogP contribution < -0.4 is 20.4 Å². The van der Waals surface area contributed by atoms with E-state index in [0.29, 0.717) is 31.0 Å². The van der Waals surface area contributed by atoms with Crippen molar-refractivity contribution in [2.75, 3.05) is 29.5 Å². The number of halogens is 1. The highest BCUT2D eigenvalue weighted by Crippen LogP contribution is 2.32. The Balaban J connectivity index is 1.09. The van der Waals surface area contributed by atoms with Gasteiger partial charge < -0.3 is 29.7 Å². The van der Waals surface area contributed by atoms with Gasteiger partial charge in [0.2, 0.25) is 5.91 Å². The van der Waals surface area contributed by atoms with Crippen LogP contribution in [0.2, 0.25) is 0 Å². The molecule has 14 heteroatoms. The Morgan fingerprint density at radius 1 is 1.11 bits per heavy atom. The van der Waals surface area contributed by atoms with E-state index < -0.39 is 36.1 Å². The number of aromatic nitrogens is 2. The molecule has 0 unspecified atom stereocenters. The van der Waals surface area contributed by atoms with Crippen molar-refractivity contribution in [3.05, 3.63) is 77.4 Å². The Hall–Kier alpha value is -5.14. The summed E-state index contributed by atoms with van der Waals surface area (Å²) in [5.74, 6) is -1.50. The van der Waals surface area contributed by atoms with Gasteiger partial charge in [-0.15, -0.1) is 0 Å². The summed E-state index contributed by atoms with van der Waals surface area (Å²) >= 11 is 0. The molecule has 3 aromatic rings. The average Bonchev–Trinajstić information content (AvgIpc) is 3.71. The van der Waals surface area contributed by atoms with Crippen molar-refractivity contribution in [3.63, 3.8) is 0 Å². The molecule has 2 aromatic carbocycles. The lowest BCUT2D eigenvalue weighted by Gasteiger charge is -2.21. The minimum Gasteiger partial charge on any atom is -0.462 e. The molecule has 3 amide bonds. The molecule has 1 fully saturated rings. The highest BCUT2D eigenvalue weighted by atomic mass is 19.1. The van der Waals surface area contributed by atoms with E-state index in [1.807, 2.05) is 41.4 Å². The highest BCUT2D eigenvalue weighted by molar-refractivity contribution is 5.90. The molecule has 0 aliphatic carbocycles. The molecule has 5 rings (SSSR count). The number of fused-ring (bicyclic) bond motifs is 1. The fraction of sp³-hybridized carbons (Fsp3) is 0.406. The van der Waals surface area contributed by atoms with Crippen LogP contribution in [0.15, 0.2) is 54.7 Å². The molecule has 46 heavy (non-hydrogen) atoms. The third-order valence-corrected chi connectivity index (χ3v) is 7.63. The Labute approximate surface area is 265 Å². The van der Waals surface area contributed by atoms with Crippen molar-refractivity contribution in [2.45, 2.75) is 59.2 Å². The molecule has 2 aliphatic rings. The van der Waals surface area contributed by atoms with Crippen LogP contribution >= 0.6 is 0 Å². The molecule has 0 spiro atoms. The van der Waals surface area contributed by atoms with Crippen LogP contribution in [0.3, 0.4) is 0 Å². The summed E-state index contributed by atoms with van der Waals surface area (Å²) in [7, 11) is 0. The van der Waals surface area contributed by atoms with Crippen molar-refractivity contribution in [1.82, 2.24) is 20.4 Å². The van der Waals surface area contributed by atoms with Crippen LogP contribution in [0.4, 0.5) is 25.4 Å². The maximum atomic E-state index is 15.2. The zero-order valence-electron chi connectivity index (χ0n) is 25.9. The van der Waals surface area contributed by atoms with Gasteiger partial charge in [0, 0.05) is 25.2 Å². The summed E-state index contributed by atoms with van der Waals surface area (Å²) in [6.45, 7) is 6.62. The highest BCUT2D eigenvalue weighted by Gasteiger charge is 2.33. The number of esters is 1. The number of rotatable bonds is 12. The molecule has 2 aliphatic heterocycles. The molecular formula is C32H37FN6O7. The van der Waals surface area contributed by atoms with Crippen molar-refractivity contribution in [1.29, 1.82) is 0 Å². The Morgan fingerprint density at radius 3 is 2.59 bits per heavy atom. The van der Waals surface area contributed by atoms with Crippen molar-refractivity contribution in [2.24, 2.45) is 5.92 Å². The second-order valence-electron chi connectivity index (χ2n) is 11.5. The van der Waals surface area contributed by atoms with E-state index in [-0.39, 0.29) is 38.1 Å². The number of hydrogen-bond acceptors (Lipinski definition) is 9. The van der Waals surface area contributed by atoms with E-state index >= 15 is 4.39 Å². The number of nitrogens with one attached hydrogen (secondary N) is 2. The predicted molar refractivity (Wildman–Crippen MR) is 164 cm³/mol. The molecule has 2 atom stereocenters. The van der Waals surface area contributed by atoms with Gasteiger partial charge in [-0.05, 0) is 29.7 Å². The lowest BCUT2D eigenvalue weighted by atomic mass is 10.1. The molecular weight excluding hydrogens is 599 g/mol. The smallest absolute Gasteiger partial charge is 0.414 e. The quantitative estimate of drug-likeness (QED) is 0.226. The SMILES string of the molecule is CC(=O)NC[C@H]1CN(c2ccc(N3Cc4cn(CCOC(=O)[C@H](NC(=O)OCc5ccccc5)C(C)C)nc4C3)c(F)c2)C(=O)O1. The summed E-state index contributed by atoms with van der Waals surface area (Å²) in [5.41, 5.74) is 3.27. The summed E-state index contributed by atoms with van der Waals surface area (Å²) in [6.07, 6.45) is 0.0189. The van der Waals surface area contributed by atoms with Crippen LogP contribution in [0.25, 0.3) is 0 Å². The standard InChI is InChI=1S/C32H37FN6O7/c1-20(2)29(35-31(42)45-19-22-7-5-4-6-8-22)30(41)44-12-11-38-16-23-15-37(18-27(23)36-38)28-10-9-24(13-26(28)33)39-17-25(46-32(39)43)14-34-21(3)40/h4-10,13,16,20,25,29H,11-12,14-15,17-19H2,1-3H3,(H,34,40)(H,35,42)/t25-,29+/m0/s1. The van der Waals surface area contributed by atoms with Gasteiger partial charge in [0.25, 0.3) is 0 Å². The van der Waals surface area contributed by atoms with Crippen molar-refractivity contribution < 1.29 is 37.8 Å². The molecule has 244 valence electrons. The number of alkyl carbamates (subject to hydrolysis) is 1. The molecule has 0 saturated carbocycles. The van der Waals surface area contributed by atoms with Crippen LogP contribution in [-0.2, 0) is 50.0 Å². The number of ether oxygens (including phenoxy) is 3. The number of anilines is 2. The number of amides is 3. The fourth-order valence-corrected chi connectivity index (χ4v) is 5.23. The Kier molecular flexibility index (Phi) is 10.0. The zero-order valence-corrected chi connectivity index (χ0v) is 25.9. The minimum atomic E-state index is -0.873. The average molecular weight is 637 g/mol. The summed E-state index contributed by atoms with van der Waals surface area (Å²) in [5, 5.41) is 9.78. The first-order chi connectivity index (χ1) is 22.1. The Morgan fingerprint density at radius 2 is 1.89 bits per heavy atom. The van der Waals surface area contributed by atoms with Gasteiger partial charge in [-0.1, -0.05) is 44.2 Å². The molecule has 2 N–H and O–H groups in total. The lowest BCUT2D eigenvalue weighted by Crippen LogP contribution is -2.45. The monoisotopic (exact) mass is 636 g/mol. The topological polar surface area (TPSA) is 144 Å². The fourth-order valence-electron chi connectivity index (χ4n) is 5.23. The summed E-state index contributed by atoms with van der Waals surface area (Å²) < 4.78 is 32.9. The van der Waals surface area contributed by atoms with Crippen LogP contribution in [0.1, 0.15) is 37.6 Å². The van der Waals surface area contributed by atoms with E-state index in [4.69, 9.17) is 14.2 Å². The largest absolute Gasteiger partial charge is 0.462 e. The van der Waals surface area contributed by atoms with E-state index in [1.54, 1.807) is 30.7 Å². The van der Waals surface area contributed by atoms with Gasteiger partial charge in [0.05, 0.1) is 43.2 Å². The predicted octanol–water partition coefficient (Wildman–Crippen LogP) is 3.50. The molecule has 1 aromatic heterocycles. The van der Waals surface area contributed by atoms with E-state index in [2.05, 4.69) is 15.7 Å². The Bertz CT molecular complexity index is 1560. The number of nitrogens with zero attached hydrogens (tertiary/aromatic N) is 4. The minimum absolute atomic E-state index is 0.0494. The first-order valence-corrected chi connectivity index (χ1v) is 15.0. The van der Waals surface area contributed by atoms with Crippen LogP contribution in [-0.4, -0.2) is 65.7 Å². The molecule has 13 nitrogen and oxygen atoms in total. The maximum Gasteiger partial charge on any atom is 0.414 e. The number of hydrogen-bond donors (Lipinski definition) is 2. The maximum absolute atomic E-state index is 15.2. The van der Waals surface area contributed by atoms with Gasteiger partial charge in [-0.2, -0.15) is 5.10 Å². The molecule has 0 bridgehead atoms. The van der Waals surface area contributed by atoms with Gasteiger partial charge in [-0.3, -0.25) is 14.4 Å². The third-order valence-electron chi connectivity index (χ3n) is 7.63. The van der Waals surface area contributed by atoms with Gasteiger partial charge in [-0.25, -0.2) is 18.8 Å². The van der Waals surface area contributed by atoms with Crippen LogP contribution in [0.5, 0.6) is 0 Å². The van der Waals surface area contributed by atoms with Gasteiger partial charge >= 0.3 is 18.2 Å². The zero-order chi connectivity index (χ0) is 32.8. The van der Waals surface area contributed by atoms with Gasteiger partial charge in [0.1, 0.15) is 31.2 Å². The van der Waals surface area contributed by atoms with Crippen LogP contribution in [0, 0.1) is 11.7 Å². The molecule has 3 heterocycles. The summed E-state index contributed by atoms with van der Waals surface area (Å²) in [4.78, 5) is 51.7. The van der Waals surface area contributed by atoms with E-state index in [1.165, 1.54) is 17.9 Å². The summed E-state index contributed by atoms with van der Waals surface area (Å²) in [6, 6.07) is 12.9. The first kappa shape index (κ1) is 32.3. The second kappa shape index (κ2) is 14.3. The molecule has 1 saturated heterocycles. The molecule has 0 radical (unpaired) electrons. The lowest BCUT2D eigenvalue weighted by molar-refractivity contribution is -0.147. The number of cyclic esters (lactones) is 1. The van der Waals surface area contributed by atoms with Crippen molar-refractivity contribution in [3.8, 4) is 0 Å². The van der Waals surface area contributed by atoms with E-state index in [0.717, 1.165) is 16.8 Å². The number of carbonyl (C=O) groups excluding carboxylic acids is 4. The third kappa shape index (κ3) is 7.92. The van der Waals surface area contributed by atoms with E-state index in [9.17, 15) is 19.2 Å². The normalized spacial score (nSPS) is 16.2.